The molecule has 0 aromatic carbocycles. The Morgan fingerprint density at radius 2 is 2.10 bits per heavy atom. The Morgan fingerprint density at radius 3 is 2.60 bits per heavy atom. The molecule has 2 atom stereocenters. The number of rotatable bonds is 2. The summed E-state index contributed by atoms with van der Waals surface area (Å²) < 4.78 is 0. The summed E-state index contributed by atoms with van der Waals surface area (Å²) in [6, 6.07) is 0. The highest BCUT2D eigenvalue weighted by molar-refractivity contribution is 5.09. The third kappa shape index (κ3) is 1.53. The standard InChI is InChI=1S/C10H16/c1-3-9-7-5-6-8-10(9)4-2/h9-10H,3-5,7H2,1-2H3. The van der Waals surface area contributed by atoms with Gasteiger partial charge in [0, 0.05) is 12.3 Å². The van der Waals surface area contributed by atoms with E-state index < -0.39 is 0 Å². The van der Waals surface area contributed by atoms with Crippen molar-refractivity contribution in [1.29, 1.82) is 0 Å². The molecule has 0 aromatic rings. The topological polar surface area (TPSA) is 0 Å². The molecule has 10 heavy (non-hydrogen) atoms. The van der Waals surface area contributed by atoms with Crippen LogP contribution in [0.15, 0.2) is 0 Å². The van der Waals surface area contributed by atoms with Gasteiger partial charge in [-0.2, -0.15) is 0 Å². The van der Waals surface area contributed by atoms with Crippen LogP contribution in [0, 0.1) is 23.7 Å². The lowest BCUT2D eigenvalue weighted by atomic mass is 9.82. The second kappa shape index (κ2) is 3.66. The first kappa shape index (κ1) is 7.66. The number of hydrogen-bond donors (Lipinski definition) is 0. The van der Waals surface area contributed by atoms with Crippen LogP contribution in [0.3, 0.4) is 0 Å². The molecule has 0 heteroatoms. The lowest BCUT2D eigenvalue weighted by molar-refractivity contribution is 0.355. The van der Waals surface area contributed by atoms with Gasteiger partial charge in [-0.15, -0.1) is 5.92 Å². The van der Waals surface area contributed by atoms with Crippen molar-refractivity contribution in [3.63, 3.8) is 0 Å². The Kier molecular flexibility index (Phi) is 2.81. The molecule has 2 unspecified atom stereocenters. The molecule has 0 spiro atoms. The van der Waals surface area contributed by atoms with Crippen LogP contribution in [-0.4, -0.2) is 0 Å². The van der Waals surface area contributed by atoms with Crippen molar-refractivity contribution in [1.82, 2.24) is 0 Å². The van der Waals surface area contributed by atoms with Crippen LogP contribution in [0.25, 0.3) is 0 Å². The first-order valence-corrected chi connectivity index (χ1v) is 4.36. The monoisotopic (exact) mass is 136 g/mol. The van der Waals surface area contributed by atoms with Gasteiger partial charge in [0.2, 0.25) is 0 Å². The van der Waals surface area contributed by atoms with E-state index in [1.54, 1.807) is 0 Å². The molecule has 0 aromatic heterocycles. The summed E-state index contributed by atoms with van der Waals surface area (Å²) in [5, 5.41) is 0. The molecule has 0 radical (unpaired) electrons. The summed E-state index contributed by atoms with van der Waals surface area (Å²) in [4.78, 5) is 0. The second-order valence-electron chi connectivity index (χ2n) is 3.04. The van der Waals surface area contributed by atoms with Gasteiger partial charge in [-0.3, -0.25) is 0 Å². The smallest absolute Gasteiger partial charge is 0.0228 e. The van der Waals surface area contributed by atoms with E-state index in [0.29, 0.717) is 5.92 Å². The predicted octanol–water partition coefficient (Wildman–Crippen LogP) is 2.84. The summed E-state index contributed by atoms with van der Waals surface area (Å²) in [6.07, 6.45) is 5.02. The minimum Gasteiger partial charge on any atom is -0.103 e. The zero-order chi connectivity index (χ0) is 7.40. The zero-order valence-electron chi connectivity index (χ0n) is 6.98. The number of hydrogen-bond acceptors (Lipinski definition) is 0. The normalized spacial score (nSPS) is 31.0. The Morgan fingerprint density at radius 1 is 1.30 bits per heavy atom. The van der Waals surface area contributed by atoms with Gasteiger partial charge in [0.25, 0.3) is 0 Å². The highest BCUT2D eigenvalue weighted by Crippen LogP contribution is 2.25. The highest BCUT2D eigenvalue weighted by Gasteiger charge is 2.17. The molecular weight excluding hydrogens is 120 g/mol. The van der Waals surface area contributed by atoms with Crippen LogP contribution < -0.4 is 0 Å². The van der Waals surface area contributed by atoms with E-state index >= 15 is 0 Å². The van der Waals surface area contributed by atoms with Gasteiger partial charge in [-0.05, 0) is 18.8 Å². The molecule has 0 aliphatic heterocycles. The average Bonchev–Trinajstić information content (AvgIpc) is 2.04. The summed E-state index contributed by atoms with van der Waals surface area (Å²) in [5.74, 6) is 8.12. The molecular formula is C10H16. The maximum absolute atomic E-state index is 3.32. The molecule has 0 fully saturated rings. The Labute approximate surface area is 64.0 Å². The van der Waals surface area contributed by atoms with Crippen molar-refractivity contribution < 1.29 is 0 Å². The minimum absolute atomic E-state index is 0.707. The fourth-order valence-corrected chi connectivity index (χ4v) is 1.70. The Bertz CT molecular complexity index is 147. The molecule has 1 rings (SSSR count). The van der Waals surface area contributed by atoms with E-state index in [0.717, 1.165) is 12.3 Å². The molecule has 0 N–H and O–H groups in total. The summed E-state index contributed by atoms with van der Waals surface area (Å²) in [5.41, 5.74) is 0. The van der Waals surface area contributed by atoms with Gasteiger partial charge in [-0.25, -0.2) is 0 Å². The minimum atomic E-state index is 0.707. The summed E-state index contributed by atoms with van der Waals surface area (Å²) in [7, 11) is 0. The first-order chi connectivity index (χ1) is 4.88. The molecule has 0 nitrogen and oxygen atoms in total. The van der Waals surface area contributed by atoms with Crippen molar-refractivity contribution in [2.75, 3.05) is 0 Å². The molecule has 0 bridgehead atoms. The largest absolute Gasteiger partial charge is 0.103 e. The third-order valence-electron chi connectivity index (χ3n) is 2.46. The maximum Gasteiger partial charge on any atom is 0.0228 e. The molecule has 0 saturated carbocycles. The van der Waals surface area contributed by atoms with Crippen molar-refractivity contribution in [2.24, 2.45) is 11.8 Å². The lowest BCUT2D eigenvalue weighted by Gasteiger charge is -2.22. The van der Waals surface area contributed by atoms with Crippen LogP contribution >= 0.6 is 0 Å². The van der Waals surface area contributed by atoms with Gasteiger partial charge in [-0.1, -0.05) is 26.2 Å². The lowest BCUT2D eigenvalue weighted by Crippen LogP contribution is -2.14. The Balaban J connectivity index is 2.52. The maximum atomic E-state index is 3.32. The summed E-state index contributed by atoms with van der Waals surface area (Å²) >= 11 is 0. The van der Waals surface area contributed by atoms with E-state index in [1.807, 2.05) is 0 Å². The molecule has 0 heterocycles. The van der Waals surface area contributed by atoms with Gasteiger partial charge >= 0.3 is 0 Å². The van der Waals surface area contributed by atoms with Crippen LogP contribution in [0.4, 0.5) is 0 Å². The third-order valence-corrected chi connectivity index (χ3v) is 2.46. The van der Waals surface area contributed by atoms with E-state index in [2.05, 4.69) is 25.7 Å². The van der Waals surface area contributed by atoms with Crippen LogP contribution in [0.5, 0.6) is 0 Å². The molecule has 0 saturated heterocycles. The molecule has 56 valence electrons. The van der Waals surface area contributed by atoms with E-state index in [4.69, 9.17) is 0 Å². The van der Waals surface area contributed by atoms with Gasteiger partial charge in [0.1, 0.15) is 0 Å². The van der Waals surface area contributed by atoms with Crippen LogP contribution in [0.2, 0.25) is 0 Å². The zero-order valence-corrected chi connectivity index (χ0v) is 6.98. The van der Waals surface area contributed by atoms with E-state index in [1.165, 1.54) is 19.3 Å². The second-order valence-corrected chi connectivity index (χ2v) is 3.04. The Hall–Kier alpha value is -0.440. The predicted molar refractivity (Wildman–Crippen MR) is 44.6 cm³/mol. The van der Waals surface area contributed by atoms with Crippen molar-refractivity contribution in [2.45, 2.75) is 39.5 Å². The average molecular weight is 136 g/mol. The van der Waals surface area contributed by atoms with Crippen molar-refractivity contribution in [3.05, 3.63) is 0 Å². The van der Waals surface area contributed by atoms with Gasteiger partial charge in [0.15, 0.2) is 0 Å². The van der Waals surface area contributed by atoms with Crippen LogP contribution in [0.1, 0.15) is 39.5 Å². The van der Waals surface area contributed by atoms with E-state index in [9.17, 15) is 0 Å². The van der Waals surface area contributed by atoms with Crippen molar-refractivity contribution >= 4 is 0 Å². The molecule has 1 aliphatic carbocycles. The highest BCUT2D eigenvalue weighted by atomic mass is 14.2. The van der Waals surface area contributed by atoms with Crippen molar-refractivity contribution in [3.8, 4) is 11.8 Å². The summed E-state index contributed by atoms with van der Waals surface area (Å²) in [6.45, 7) is 4.52. The van der Waals surface area contributed by atoms with Gasteiger partial charge in [0.05, 0.1) is 0 Å². The fourth-order valence-electron chi connectivity index (χ4n) is 1.70. The van der Waals surface area contributed by atoms with Gasteiger partial charge < -0.3 is 0 Å². The quantitative estimate of drug-likeness (QED) is 0.512. The van der Waals surface area contributed by atoms with E-state index in [-0.39, 0.29) is 0 Å². The SMILES string of the molecule is CCC1C#CCCC1CC. The molecule has 0 amide bonds. The molecule has 1 aliphatic rings. The van der Waals surface area contributed by atoms with Crippen LogP contribution in [-0.2, 0) is 0 Å². The fraction of sp³-hybridized carbons (Fsp3) is 0.800. The first-order valence-electron chi connectivity index (χ1n) is 4.36.